The van der Waals surface area contributed by atoms with Crippen molar-refractivity contribution in [3.05, 3.63) is 24.2 Å². The number of guanidine groups is 1. The summed E-state index contributed by atoms with van der Waals surface area (Å²) in [5.41, 5.74) is 0. The number of nitrogens with one attached hydrogen (secondary N) is 2. The third kappa shape index (κ3) is 6.95. The fourth-order valence-electron chi connectivity index (χ4n) is 3.06. The average molecular weight is 335 g/mol. The Morgan fingerprint density at radius 3 is 2.75 bits per heavy atom. The summed E-state index contributed by atoms with van der Waals surface area (Å²) in [5.74, 6) is 1.93. The lowest BCUT2D eigenvalue weighted by Gasteiger charge is -2.31. The number of aliphatic imine (C=N–C) groups is 1. The van der Waals surface area contributed by atoms with Crippen LogP contribution >= 0.6 is 0 Å². The molecule has 2 N–H and O–H groups in total. The molecule has 0 spiro atoms. The number of nitrogens with zero attached hydrogens (tertiary/aromatic N) is 1. The van der Waals surface area contributed by atoms with Gasteiger partial charge >= 0.3 is 0 Å². The molecule has 1 aliphatic rings. The van der Waals surface area contributed by atoms with Crippen molar-refractivity contribution in [1.82, 2.24) is 10.6 Å². The zero-order valence-electron chi connectivity index (χ0n) is 15.4. The Kier molecular flexibility index (Phi) is 8.16. The molecular weight excluding hydrogens is 302 g/mol. The van der Waals surface area contributed by atoms with Gasteiger partial charge in [0.15, 0.2) is 5.96 Å². The van der Waals surface area contributed by atoms with Crippen molar-refractivity contribution in [2.45, 2.75) is 77.5 Å². The number of rotatable bonds is 8. The summed E-state index contributed by atoms with van der Waals surface area (Å²) in [6.45, 7) is 8.06. The van der Waals surface area contributed by atoms with E-state index in [-0.39, 0.29) is 0 Å². The van der Waals surface area contributed by atoms with Crippen LogP contribution in [0.1, 0.15) is 58.6 Å². The maximum atomic E-state index is 5.93. The second-order valence-electron chi connectivity index (χ2n) is 6.79. The topological polar surface area (TPSA) is 58.8 Å². The summed E-state index contributed by atoms with van der Waals surface area (Å²) in [5, 5.41) is 7.03. The molecule has 24 heavy (non-hydrogen) atoms. The van der Waals surface area contributed by atoms with Crippen molar-refractivity contribution in [2.24, 2.45) is 4.99 Å². The maximum absolute atomic E-state index is 5.93. The van der Waals surface area contributed by atoms with Gasteiger partial charge in [0.1, 0.15) is 5.76 Å². The molecule has 5 nitrogen and oxygen atoms in total. The van der Waals surface area contributed by atoms with Gasteiger partial charge in [0.2, 0.25) is 0 Å². The molecule has 1 saturated carbocycles. The van der Waals surface area contributed by atoms with Crippen molar-refractivity contribution >= 4 is 5.96 Å². The highest BCUT2D eigenvalue weighted by atomic mass is 16.5. The molecule has 0 aromatic carbocycles. The second-order valence-corrected chi connectivity index (χ2v) is 6.79. The fourth-order valence-corrected chi connectivity index (χ4v) is 3.06. The summed E-state index contributed by atoms with van der Waals surface area (Å²) in [7, 11) is 0. The molecule has 0 atom stereocenters. The third-order valence-electron chi connectivity index (χ3n) is 4.22. The summed E-state index contributed by atoms with van der Waals surface area (Å²) in [4.78, 5) is 4.66. The van der Waals surface area contributed by atoms with Gasteiger partial charge < -0.3 is 19.8 Å². The molecule has 0 unspecified atom stereocenters. The van der Waals surface area contributed by atoms with Gasteiger partial charge in [0.25, 0.3) is 0 Å². The van der Waals surface area contributed by atoms with Gasteiger partial charge in [-0.25, -0.2) is 0 Å². The quantitative estimate of drug-likeness (QED) is 0.564. The van der Waals surface area contributed by atoms with E-state index in [0.717, 1.165) is 63.3 Å². The molecule has 0 bridgehead atoms. The predicted molar refractivity (Wildman–Crippen MR) is 98.4 cm³/mol. The van der Waals surface area contributed by atoms with Crippen LogP contribution in [0.5, 0.6) is 0 Å². The van der Waals surface area contributed by atoms with Crippen LogP contribution in [0.4, 0.5) is 0 Å². The van der Waals surface area contributed by atoms with Crippen LogP contribution in [0.3, 0.4) is 0 Å². The van der Waals surface area contributed by atoms with Crippen LogP contribution in [0.2, 0.25) is 0 Å². The molecule has 0 aliphatic heterocycles. The molecule has 1 aromatic rings. The Hall–Kier alpha value is -1.49. The smallest absolute Gasteiger partial charge is 0.191 e. The number of furan rings is 1. The fraction of sp³-hybridized carbons (Fsp3) is 0.737. The van der Waals surface area contributed by atoms with Crippen molar-refractivity contribution in [1.29, 1.82) is 0 Å². The first-order valence-electron chi connectivity index (χ1n) is 9.40. The van der Waals surface area contributed by atoms with E-state index < -0.39 is 0 Å². The van der Waals surface area contributed by atoms with E-state index in [9.17, 15) is 0 Å². The van der Waals surface area contributed by atoms with E-state index >= 15 is 0 Å². The van der Waals surface area contributed by atoms with Crippen LogP contribution < -0.4 is 10.6 Å². The SMILES string of the molecule is CCCN=C(NCCc1ccco1)NC1CCC(OC(C)C)CC1. The molecule has 0 radical (unpaired) electrons. The van der Waals surface area contributed by atoms with E-state index in [2.05, 4.69) is 36.4 Å². The first-order chi connectivity index (χ1) is 11.7. The number of hydrogen-bond acceptors (Lipinski definition) is 3. The molecule has 0 saturated heterocycles. The van der Waals surface area contributed by atoms with Gasteiger partial charge in [-0.05, 0) is 58.1 Å². The van der Waals surface area contributed by atoms with E-state index in [1.165, 1.54) is 0 Å². The average Bonchev–Trinajstić information content (AvgIpc) is 3.07. The minimum atomic E-state index is 0.324. The maximum Gasteiger partial charge on any atom is 0.191 e. The van der Waals surface area contributed by atoms with Gasteiger partial charge in [0.05, 0.1) is 18.5 Å². The van der Waals surface area contributed by atoms with Crippen LogP contribution in [0.15, 0.2) is 27.8 Å². The molecular formula is C19H33N3O2. The summed E-state index contributed by atoms with van der Waals surface area (Å²) in [6, 6.07) is 4.43. The normalized spacial score (nSPS) is 21.9. The highest BCUT2D eigenvalue weighted by Crippen LogP contribution is 2.22. The Bertz CT molecular complexity index is 463. The predicted octanol–water partition coefficient (Wildman–Crippen LogP) is 3.50. The number of hydrogen-bond donors (Lipinski definition) is 2. The van der Waals surface area contributed by atoms with Crippen LogP contribution in [-0.2, 0) is 11.2 Å². The zero-order chi connectivity index (χ0) is 17.2. The lowest BCUT2D eigenvalue weighted by atomic mass is 9.93. The lowest BCUT2D eigenvalue weighted by molar-refractivity contribution is -0.0152. The molecule has 0 amide bonds. The summed E-state index contributed by atoms with van der Waals surface area (Å²) in [6.07, 6.45) is 8.93. The van der Waals surface area contributed by atoms with E-state index in [1.807, 2.05) is 12.1 Å². The first kappa shape index (κ1) is 18.8. The molecule has 1 aromatic heterocycles. The molecule has 1 fully saturated rings. The van der Waals surface area contributed by atoms with Crippen LogP contribution in [0.25, 0.3) is 0 Å². The van der Waals surface area contributed by atoms with E-state index in [0.29, 0.717) is 18.2 Å². The molecule has 2 rings (SSSR count). The monoisotopic (exact) mass is 335 g/mol. The standard InChI is InChI=1S/C19H33N3O2/c1-4-12-20-19(21-13-11-17-6-5-14-23-17)22-16-7-9-18(10-8-16)24-15(2)3/h5-6,14-16,18H,4,7-13H2,1-3H3,(H2,20,21,22). The molecule has 1 heterocycles. The number of ether oxygens (including phenoxy) is 1. The second kappa shape index (κ2) is 10.4. The van der Waals surface area contributed by atoms with Crippen LogP contribution in [0, 0.1) is 0 Å². The Labute approximate surface area is 146 Å². The molecule has 5 heteroatoms. The van der Waals surface area contributed by atoms with Crippen molar-refractivity contribution < 1.29 is 9.15 Å². The summed E-state index contributed by atoms with van der Waals surface area (Å²) >= 11 is 0. The van der Waals surface area contributed by atoms with Gasteiger partial charge in [0, 0.05) is 25.6 Å². The van der Waals surface area contributed by atoms with Gasteiger partial charge in [-0.3, -0.25) is 4.99 Å². The van der Waals surface area contributed by atoms with Crippen LogP contribution in [-0.4, -0.2) is 37.3 Å². The largest absolute Gasteiger partial charge is 0.469 e. The van der Waals surface area contributed by atoms with Crippen molar-refractivity contribution in [3.63, 3.8) is 0 Å². The third-order valence-corrected chi connectivity index (χ3v) is 4.22. The molecule has 136 valence electrons. The molecule has 1 aliphatic carbocycles. The lowest BCUT2D eigenvalue weighted by Crippen LogP contribution is -2.46. The van der Waals surface area contributed by atoms with E-state index in [4.69, 9.17) is 9.15 Å². The summed E-state index contributed by atoms with van der Waals surface area (Å²) < 4.78 is 11.3. The Morgan fingerprint density at radius 2 is 2.12 bits per heavy atom. The van der Waals surface area contributed by atoms with Crippen molar-refractivity contribution in [2.75, 3.05) is 13.1 Å². The highest BCUT2D eigenvalue weighted by Gasteiger charge is 2.22. The Balaban J connectivity index is 1.74. The zero-order valence-corrected chi connectivity index (χ0v) is 15.4. The highest BCUT2D eigenvalue weighted by molar-refractivity contribution is 5.80. The Morgan fingerprint density at radius 1 is 1.33 bits per heavy atom. The van der Waals surface area contributed by atoms with Crippen molar-refractivity contribution in [3.8, 4) is 0 Å². The first-order valence-corrected chi connectivity index (χ1v) is 9.40. The van der Waals surface area contributed by atoms with Gasteiger partial charge in [-0.2, -0.15) is 0 Å². The van der Waals surface area contributed by atoms with E-state index in [1.54, 1.807) is 6.26 Å². The van der Waals surface area contributed by atoms with Gasteiger partial charge in [-0.1, -0.05) is 6.92 Å². The minimum Gasteiger partial charge on any atom is -0.469 e. The van der Waals surface area contributed by atoms with Gasteiger partial charge in [-0.15, -0.1) is 0 Å². The minimum absolute atomic E-state index is 0.324.